The van der Waals surface area contributed by atoms with Crippen LogP contribution >= 0.6 is 15.9 Å². The molecule has 110 valence electrons. The average molecular weight is 342 g/mol. The molecular formula is C15H20BrNO3. The van der Waals surface area contributed by atoms with Crippen molar-refractivity contribution in [3.8, 4) is 0 Å². The number of benzene rings is 1. The lowest BCUT2D eigenvalue weighted by atomic mass is 10.1. The van der Waals surface area contributed by atoms with Gasteiger partial charge < -0.3 is 14.8 Å². The molecular weight excluding hydrogens is 322 g/mol. The second-order valence-corrected chi connectivity index (χ2v) is 5.02. The first-order valence-electron chi connectivity index (χ1n) is 6.45. The van der Waals surface area contributed by atoms with Crippen molar-refractivity contribution in [3.63, 3.8) is 0 Å². The molecule has 0 radical (unpaired) electrons. The van der Waals surface area contributed by atoms with Crippen LogP contribution in [0, 0.1) is 0 Å². The lowest BCUT2D eigenvalue weighted by Gasteiger charge is -2.08. The number of esters is 1. The van der Waals surface area contributed by atoms with E-state index in [4.69, 9.17) is 4.74 Å². The first-order valence-corrected chi connectivity index (χ1v) is 7.24. The van der Waals surface area contributed by atoms with Crippen molar-refractivity contribution in [2.45, 2.75) is 13.0 Å². The van der Waals surface area contributed by atoms with Gasteiger partial charge >= 0.3 is 5.97 Å². The Balaban J connectivity index is 2.34. The van der Waals surface area contributed by atoms with Crippen molar-refractivity contribution < 1.29 is 14.3 Å². The number of halogens is 1. The van der Waals surface area contributed by atoms with Gasteiger partial charge in [0.15, 0.2) is 0 Å². The van der Waals surface area contributed by atoms with Gasteiger partial charge in [-0.05, 0) is 24.1 Å². The van der Waals surface area contributed by atoms with Crippen molar-refractivity contribution in [1.29, 1.82) is 0 Å². The number of hydrogen-bond acceptors (Lipinski definition) is 4. The lowest BCUT2D eigenvalue weighted by molar-refractivity contribution is 0.0600. The van der Waals surface area contributed by atoms with E-state index in [-0.39, 0.29) is 5.97 Å². The van der Waals surface area contributed by atoms with Crippen LogP contribution in [0.1, 0.15) is 22.3 Å². The maximum Gasteiger partial charge on any atom is 0.337 e. The molecule has 0 atom stereocenters. The molecule has 0 amide bonds. The predicted molar refractivity (Wildman–Crippen MR) is 82.8 cm³/mol. The van der Waals surface area contributed by atoms with E-state index in [1.54, 1.807) is 12.1 Å². The van der Waals surface area contributed by atoms with E-state index >= 15 is 0 Å². The number of hydrogen-bond donors (Lipinski definition) is 1. The molecule has 0 aromatic heterocycles. The topological polar surface area (TPSA) is 47.6 Å². The molecule has 0 bridgehead atoms. The zero-order valence-corrected chi connectivity index (χ0v) is 13.2. The van der Waals surface area contributed by atoms with Crippen LogP contribution in [0.3, 0.4) is 0 Å². The van der Waals surface area contributed by atoms with Gasteiger partial charge in [-0.15, -0.1) is 6.58 Å². The van der Waals surface area contributed by atoms with E-state index in [0.29, 0.717) is 25.3 Å². The third-order valence-corrected chi connectivity index (χ3v) is 3.42. The van der Waals surface area contributed by atoms with Crippen molar-refractivity contribution in [2.24, 2.45) is 0 Å². The summed E-state index contributed by atoms with van der Waals surface area (Å²) in [5, 5.41) is 3.29. The summed E-state index contributed by atoms with van der Waals surface area (Å²) in [4.78, 5) is 11.4. The van der Waals surface area contributed by atoms with Crippen LogP contribution in [0.5, 0.6) is 0 Å². The van der Waals surface area contributed by atoms with E-state index in [1.807, 2.05) is 12.1 Å². The Kier molecular flexibility index (Phi) is 8.18. The molecule has 0 aliphatic carbocycles. The van der Waals surface area contributed by atoms with Crippen LogP contribution in [0.4, 0.5) is 0 Å². The first-order chi connectivity index (χ1) is 9.69. The Morgan fingerprint density at radius 3 is 2.90 bits per heavy atom. The summed E-state index contributed by atoms with van der Waals surface area (Å²) >= 11 is 3.46. The van der Waals surface area contributed by atoms with Crippen LogP contribution < -0.4 is 5.32 Å². The minimum absolute atomic E-state index is 0.333. The molecule has 0 aliphatic rings. The van der Waals surface area contributed by atoms with Gasteiger partial charge in [-0.25, -0.2) is 4.79 Å². The average Bonchev–Trinajstić information content (AvgIpc) is 2.46. The van der Waals surface area contributed by atoms with Gasteiger partial charge in [0.2, 0.25) is 0 Å². The molecule has 0 aliphatic heterocycles. The first kappa shape index (κ1) is 16.9. The second kappa shape index (κ2) is 9.69. The number of carbonyl (C=O) groups excluding carboxylic acids is 1. The van der Waals surface area contributed by atoms with Crippen LogP contribution in [-0.4, -0.2) is 32.8 Å². The highest BCUT2D eigenvalue weighted by Crippen LogP contribution is 2.19. The molecule has 0 unspecified atom stereocenters. The fourth-order valence-corrected chi connectivity index (χ4v) is 2.09. The highest BCUT2D eigenvalue weighted by atomic mass is 79.9. The molecule has 4 nitrogen and oxygen atoms in total. The summed E-state index contributed by atoms with van der Waals surface area (Å²) in [7, 11) is 1.37. The van der Waals surface area contributed by atoms with E-state index in [0.717, 1.165) is 23.0 Å². The number of carbonyl (C=O) groups is 1. The number of methoxy groups -OCH3 is 1. The van der Waals surface area contributed by atoms with Gasteiger partial charge in [-0.3, -0.25) is 0 Å². The maximum absolute atomic E-state index is 11.4. The monoisotopic (exact) mass is 341 g/mol. The molecule has 0 heterocycles. The zero-order chi connectivity index (χ0) is 14.8. The molecule has 1 aromatic rings. The van der Waals surface area contributed by atoms with E-state index in [9.17, 15) is 4.79 Å². The van der Waals surface area contributed by atoms with E-state index in [1.165, 1.54) is 7.11 Å². The Bertz CT molecular complexity index is 449. The van der Waals surface area contributed by atoms with Gasteiger partial charge in [0.05, 0.1) is 25.9 Å². The van der Waals surface area contributed by atoms with Crippen LogP contribution in [0.15, 0.2) is 35.3 Å². The molecule has 5 heteroatoms. The van der Waals surface area contributed by atoms with Crippen LogP contribution in [0.2, 0.25) is 0 Å². The number of ether oxygens (including phenoxy) is 2. The van der Waals surface area contributed by atoms with Gasteiger partial charge in [-0.2, -0.15) is 0 Å². The van der Waals surface area contributed by atoms with Gasteiger partial charge in [0, 0.05) is 17.6 Å². The normalized spacial score (nSPS) is 10.3. The fraction of sp³-hybridized carbons (Fsp3) is 0.400. The summed E-state index contributed by atoms with van der Waals surface area (Å²) in [5.74, 6) is -0.333. The van der Waals surface area contributed by atoms with Gasteiger partial charge in [0.25, 0.3) is 0 Å². The molecule has 1 aromatic carbocycles. The third-order valence-electron chi connectivity index (χ3n) is 2.68. The molecule has 0 fully saturated rings. The number of nitrogens with one attached hydrogen (secondary N) is 1. The van der Waals surface area contributed by atoms with Crippen molar-refractivity contribution >= 4 is 21.9 Å². The Morgan fingerprint density at radius 2 is 2.25 bits per heavy atom. The summed E-state index contributed by atoms with van der Waals surface area (Å²) in [5.41, 5.74) is 1.62. The van der Waals surface area contributed by atoms with Gasteiger partial charge in [-0.1, -0.05) is 28.1 Å². The highest BCUT2D eigenvalue weighted by Gasteiger charge is 2.07. The molecule has 0 spiro atoms. The third kappa shape index (κ3) is 5.86. The van der Waals surface area contributed by atoms with Crippen LogP contribution in [-0.2, 0) is 16.0 Å². The smallest absolute Gasteiger partial charge is 0.337 e. The quantitative estimate of drug-likeness (QED) is 0.426. The largest absolute Gasteiger partial charge is 0.465 e. The molecule has 20 heavy (non-hydrogen) atoms. The van der Waals surface area contributed by atoms with Crippen LogP contribution in [0.25, 0.3) is 0 Å². The minimum atomic E-state index is -0.333. The summed E-state index contributed by atoms with van der Waals surface area (Å²) < 4.78 is 11.0. The molecule has 1 rings (SSSR count). The van der Waals surface area contributed by atoms with Gasteiger partial charge in [0.1, 0.15) is 0 Å². The SMILES string of the molecule is C=CCCOCCNCc1ccc(C(=O)OC)cc1Br. The molecule has 0 saturated heterocycles. The fourth-order valence-electron chi connectivity index (χ4n) is 1.57. The summed E-state index contributed by atoms with van der Waals surface area (Å²) in [6, 6.07) is 5.43. The maximum atomic E-state index is 11.4. The predicted octanol–water partition coefficient (Wildman–Crippen LogP) is 2.92. The van der Waals surface area contributed by atoms with Crippen molar-refractivity contribution in [1.82, 2.24) is 5.32 Å². The molecule has 1 N–H and O–H groups in total. The summed E-state index contributed by atoms with van der Waals surface area (Å²) in [6.07, 6.45) is 2.72. The number of rotatable bonds is 9. The second-order valence-electron chi connectivity index (χ2n) is 4.16. The zero-order valence-electron chi connectivity index (χ0n) is 11.7. The van der Waals surface area contributed by atoms with E-state index < -0.39 is 0 Å². The standard InChI is InChI=1S/C15H20BrNO3/c1-3-4-8-20-9-7-17-11-13-6-5-12(10-14(13)16)15(18)19-2/h3,5-6,10,17H,1,4,7-9,11H2,2H3. The Labute approximate surface area is 128 Å². The molecule has 0 saturated carbocycles. The summed E-state index contributed by atoms with van der Waals surface area (Å²) in [6.45, 7) is 6.51. The Morgan fingerprint density at radius 1 is 1.45 bits per heavy atom. The Hall–Kier alpha value is -1.17. The van der Waals surface area contributed by atoms with E-state index in [2.05, 4.69) is 32.6 Å². The van der Waals surface area contributed by atoms with Crippen molar-refractivity contribution in [3.05, 3.63) is 46.5 Å². The highest BCUT2D eigenvalue weighted by molar-refractivity contribution is 9.10. The minimum Gasteiger partial charge on any atom is -0.465 e. The lowest BCUT2D eigenvalue weighted by Crippen LogP contribution is -2.19. The van der Waals surface area contributed by atoms with Crippen molar-refractivity contribution in [2.75, 3.05) is 26.9 Å².